The highest BCUT2D eigenvalue weighted by Gasteiger charge is 2.48. The number of benzene rings is 4. The number of amides is 1. The summed E-state index contributed by atoms with van der Waals surface area (Å²) in [5, 5.41) is 10.6. The summed E-state index contributed by atoms with van der Waals surface area (Å²) in [6.45, 7) is 2.06. The van der Waals surface area contributed by atoms with E-state index in [1.807, 2.05) is 18.2 Å². The molecule has 1 N–H and O–H groups in total. The predicted octanol–water partition coefficient (Wildman–Crippen LogP) is 7.16. The van der Waals surface area contributed by atoms with Gasteiger partial charge in [-0.2, -0.15) is 0 Å². The first-order valence-corrected chi connectivity index (χ1v) is 12.1. The van der Waals surface area contributed by atoms with Crippen molar-refractivity contribution in [3.05, 3.63) is 125 Å². The van der Waals surface area contributed by atoms with Crippen molar-refractivity contribution >= 4 is 11.6 Å². The number of aliphatic hydroxyl groups is 1. The van der Waals surface area contributed by atoms with Gasteiger partial charge < -0.3 is 10.0 Å². The van der Waals surface area contributed by atoms with Gasteiger partial charge in [-0.05, 0) is 78.4 Å². The van der Waals surface area contributed by atoms with Crippen LogP contribution in [-0.2, 0) is 4.79 Å². The molecule has 0 unspecified atom stereocenters. The molecule has 3 atom stereocenters. The van der Waals surface area contributed by atoms with Crippen molar-refractivity contribution < 1.29 is 18.7 Å². The lowest BCUT2D eigenvalue weighted by molar-refractivity contribution is -0.131. The van der Waals surface area contributed by atoms with Crippen molar-refractivity contribution in [2.24, 2.45) is 5.92 Å². The molecule has 5 heteroatoms. The Balaban J connectivity index is 1.40. The minimum absolute atomic E-state index is 0.0549. The smallest absolute Gasteiger partial charge is 0.233 e. The quantitative estimate of drug-likeness (QED) is 0.283. The SMILES string of the molecule is Cc1cccc(-c2ccc([C@@H]3[C@@H](CC[C@H](O)c4ccc(F)cc4)C(=O)N3c3ccc(F)cc3)cc2)c1. The molecule has 1 amide bonds. The second-order valence-corrected chi connectivity index (χ2v) is 9.37. The van der Waals surface area contributed by atoms with E-state index in [0.29, 0.717) is 24.1 Å². The maximum Gasteiger partial charge on any atom is 0.233 e. The Hall–Kier alpha value is -3.83. The van der Waals surface area contributed by atoms with E-state index in [2.05, 4.69) is 37.3 Å². The van der Waals surface area contributed by atoms with E-state index in [0.717, 1.165) is 16.7 Å². The first-order valence-electron chi connectivity index (χ1n) is 12.1. The number of rotatable bonds is 7. The van der Waals surface area contributed by atoms with E-state index in [-0.39, 0.29) is 29.5 Å². The Morgan fingerprint density at radius 2 is 1.47 bits per heavy atom. The maximum atomic E-state index is 13.5. The third-order valence-electron chi connectivity index (χ3n) is 6.93. The molecule has 4 aromatic carbocycles. The van der Waals surface area contributed by atoms with E-state index < -0.39 is 6.10 Å². The third-order valence-corrected chi connectivity index (χ3v) is 6.93. The highest BCUT2D eigenvalue weighted by Crippen LogP contribution is 2.46. The normalized spacial score (nSPS) is 18.1. The zero-order valence-corrected chi connectivity index (χ0v) is 19.9. The second kappa shape index (κ2) is 10.0. The summed E-state index contributed by atoms with van der Waals surface area (Å²) < 4.78 is 26.8. The van der Waals surface area contributed by atoms with Gasteiger partial charge >= 0.3 is 0 Å². The zero-order chi connectivity index (χ0) is 25.2. The number of carbonyl (C=O) groups excluding carboxylic acids is 1. The third kappa shape index (κ3) is 4.79. The lowest BCUT2D eigenvalue weighted by Crippen LogP contribution is -2.55. The van der Waals surface area contributed by atoms with Crippen LogP contribution in [0.4, 0.5) is 14.5 Å². The minimum Gasteiger partial charge on any atom is -0.388 e. The number of carbonyl (C=O) groups is 1. The maximum absolute atomic E-state index is 13.5. The molecular formula is C31H27F2NO2. The molecule has 0 aliphatic carbocycles. The molecule has 1 fully saturated rings. The van der Waals surface area contributed by atoms with Crippen LogP contribution in [-0.4, -0.2) is 11.0 Å². The highest BCUT2D eigenvalue weighted by molar-refractivity contribution is 6.03. The van der Waals surface area contributed by atoms with Crippen LogP contribution in [0.2, 0.25) is 0 Å². The number of β-lactam (4-membered cyclic amide) rings is 1. The summed E-state index contributed by atoms with van der Waals surface area (Å²) >= 11 is 0. The van der Waals surface area contributed by atoms with Crippen LogP contribution >= 0.6 is 0 Å². The molecular weight excluding hydrogens is 456 g/mol. The standard InChI is InChI=1S/C31H27F2NO2/c1-20-3-2-4-24(19-20)21-5-7-23(8-6-21)30-28(17-18-29(35)22-9-11-25(32)12-10-22)31(36)34(30)27-15-13-26(33)14-16-27/h2-16,19,28-30,35H,17-18H2,1H3/t28-,29+,30-/m1/s1. The van der Waals surface area contributed by atoms with Crippen LogP contribution in [0.1, 0.15) is 41.7 Å². The van der Waals surface area contributed by atoms with Crippen molar-refractivity contribution in [1.29, 1.82) is 0 Å². The van der Waals surface area contributed by atoms with Crippen LogP contribution in [0.25, 0.3) is 11.1 Å². The average Bonchev–Trinajstić information content (AvgIpc) is 2.89. The van der Waals surface area contributed by atoms with E-state index >= 15 is 0 Å². The Bertz CT molecular complexity index is 1350. The van der Waals surface area contributed by atoms with E-state index in [4.69, 9.17) is 0 Å². The van der Waals surface area contributed by atoms with Crippen molar-refractivity contribution in [2.45, 2.75) is 31.9 Å². The predicted molar refractivity (Wildman–Crippen MR) is 137 cm³/mol. The van der Waals surface area contributed by atoms with Crippen molar-refractivity contribution in [2.75, 3.05) is 4.90 Å². The molecule has 0 aromatic heterocycles. The lowest BCUT2D eigenvalue weighted by atomic mass is 9.78. The van der Waals surface area contributed by atoms with Crippen LogP contribution in [0.15, 0.2) is 97.1 Å². The van der Waals surface area contributed by atoms with Gasteiger partial charge in [-0.15, -0.1) is 0 Å². The van der Waals surface area contributed by atoms with Crippen molar-refractivity contribution in [1.82, 2.24) is 0 Å². The first kappa shape index (κ1) is 23.9. The molecule has 0 bridgehead atoms. The number of aryl methyl sites for hydroxylation is 1. The highest BCUT2D eigenvalue weighted by atomic mass is 19.1. The fourth-order valence-corrected chi connectivity index (χ4v) is 4.99. The average molecular weight is 484 g/mol. The Morgan fingerprint density at radius 1 is 0.833 bits per heavy atom. The topological polar surface area (TPSA) is 40.5 Å². The summed E-state index contributed by atoms with van der Waals surface area (Å²) in [5.74, 6) is -1.09. The molecule has 1 aliphatic rings. The van der Waals surface area contributed by atoms with Gasteiger partial charge in [0.05, 0.1) is 18.1 Å². The Kier molecular flexibility index (Phi) is 6.66. The Labute approximate surface area is 209 Å². The van der Waals surface area contributed by atoms with Crippen LogP contribution in [0.5, 0.6) is 0 Å². The number of anilines is 1. The van der Waals surface area contributed by atoms with Crippen LogP contribution in [0.3, 0.4) is 0 Å². The monoisotopic (exact) mass is 483 g/mol. The zero-order valence-electron chi connectivity index (χ0n) is 19.9. The summed E-state index contributed by atoms with van der Waals surface area (Å²) in [6.07, 6.45) is 0.0545. The van der Waals surface area contributed by atoms with Crippen LogP contribution in [0, 0.1) is 24.5 Å². The number of hydrogen-bond acceptors (Lipinski definition) is 2. The molecule has 1 heterocycles. The summed E-state index contributed by atoms with van der Waals surface area (Å²) in [6, 6.07) is 28.0. The van der Waals surface area contributed by atoms with Crippen molar-refractivity contribution in [3.8, 4) is 11.1 Å². The van der Waals surface area contributed by atoms with E-state index in [1.165, 1.54) is 29.8 Å². The molecule has 0 spiro atoms. The van der Waals surface area contributed by atoms with Gasteiger partial charge in [-0.25, -0.2) is 8.78 Å². The number of hydrogen-bond donors (Lipinski definition) is 1. The molecule has 182 valence electrons. The minimum atomic E-state index is -0.789. The lowest BCUT2D eigenvalue weighted by Gasteiger charge is -2.48. The van der Waals surface area contributed by atoms with Gasteiger partial charge in [-0.1, -0.05) is 66.2 Å². The molecule has 3 nitrogen and oxygen atoms in total. The fourth-order valence-electron chi connectivity index (χ4n) is 4.99. The van der Waals surface area contributed by atoms with E-state index in [9.17, 15) is 18.7 Å². The molecule has 0 saturated carbocycles. The summed E-state index contributed by atoms with van der Waals surface area (Å²) in [7, 11) is 0. The van der Waals surface area contributed by atoms with E-state index in [1.54, 1.807) is 29.2 Å². The summed E-state index contributed by atoms with van der Waals surface area (Å²) in [5.41, 5.74) is 5.65. The largest absolute Gasteiger partial charge is 0.388 e. The van der Waals surface area contributed by atoms with Gasteiger partial charge in [0.1, 0.15) is 11.6 Å². The van der Waals surface area contributed by atoms with Crippen molar-refractivity contribution in [3.63, 3.8) is 0 Å². The molecule has 0 radical (unpaired) electrons. The number of halogens is 2. The number of aliphatic hydroxyl groups excluding tert-OH is 1. The fraction of sp³-hybridized carbons (Fsp3) is 0.194. The van der Waals surface area contributed by atoms with Gasteiger partial charge in [-0.3, -0.25) is 4.79 Å². The van der Waals surface area contributed by atoms with Gasteiger partial charge in [0.2, 0.25) is 5.91 Å². The molecule has 5 rings (SSSR count). The molecule has 1 saturated heterocycles. The summed E-state index contributed by atoms with van der Waals surface area (Å²) in [4.78, 5) is 15.0. The van der Waals surface area contributed by atoms with Gasteiger partial charge in [0, 0.05) is 5.69 Å². The van der Waals surface area contributed by atoms with Gasteiger partial charge in [0.15, 0.2) is 0 Å². The molecule has 1 aliphatic heterocycles. The Morgan fingerprint density at radius 3 is 2.11 bits per heavy atom. The second-order valence-electron chi connectivity index (χ2n) is 9.37. The number of nitrogens with zero attached hydrogens (tertiary/aromatic N) is 1. The molecule has 36 heavy (non-hydrogen) atoms. The van der Waals surface area contributed by atoms with Crippen LogP contribution < -0.4 is 4.90 Å². The molecule has 4 aromatic rings. The van der Waals surface area contributed by atoms with Gasteiger partial charge in [0.25, 0.3) is 0 Å². The first-order chi connectivity index (χ1) is 17.4.